The smallest absolute Gasteiger partial charge is 0.337 e. The summed E-state index contributed by atoms with van der Waals surface area (Å²) in [5.74, 6) is -3.51. The average Bonchev–Trinajstić information content (AvgIpc) is 0.791. The number of esters is 6. The number of hydrogen-bond donors (Lipinski definition) is 5. The van der Waals surface area contributed by atoms with Gasteiger partial charge < -0.3 is 72.7 Å². The lowest BCUT2D eigenvalue weighted by Gasteiger charge is -2.27. The number of ether oxygens (including phenoxy) is 8. The molecule has 1 aromatic heterocycles. The van der Waals surface area contributed by atoms with Crippen molar-refractivity contribution in [3.05, 3.63) is 181 Å². The van der Waals surface area contributed by atoms with E-state index >= 15 is 0 Å². The topological polar surface area (TPSA) is 365 Å². The summed E-state index contributed by atoms with van der Waals surface area (Å²) in [6.07, 6.45) is 0.268. The third-order valence-electron chi connectivity index (χ3n) is 13.4. The van der Waals surface area contributed by atoms with E-state index in [1.807, 2.05) is 4.90 Å². The Hall–Kier alpha value is -9.04. The molecule has 0 radical (unpaired) electrons. The number of Topliss-reactive ketones (excluding diaryl/α,β-unsaturated/α-hetero) is 3. The van der Waals surface area contributed by atoms with Crippen molar-refractivity contribution in [1.82, 2.24) is 4.90 Å². The third-order valence-corrected chi connectivity index (χ3v) is 15.8. The van der Waals surface area contributed by atoms with Gasteiger partial charge in [-0.1, -0.05) is 0 Å². The lowest BCUT2D eigenvalue weighted by Crippen LogP contribution is -2.37. The quantitative estimate of drug-likeness (QED) is 0.0407. The van der Waals surface area contributed by atoms with Gasteiger partial charge >= 0.3 is 35.8 Å². The van der Waals surface area contributed by atoms with Crippen molar-refractivity contribution in [2.24, 2.45) is 0 Å². The average molecular weight is 1590 g/mol. The fourth-order valence-corrected chi connectivity index (χ4v) is 10.1. The molecule has 0 amide bonds. The van der Waals surface area contributed by atoms with Crippen LogP contribution in [-0.2, 0) is 37.9 Å². The lowest BCUT2D eigenvalue weighted by atomic mass is 10.0. The number of aromatic hydroxyl groups is 5. The van der Waals surface area contributed by atoms with Crippen LogP contribution >= 0.6 is 63.7 Å². The number of carbonyl (C=O) groups excluding carboxylic acids is 9. The maximum atomic E-state index is 12.4. The van der Waals surface area contributed by atoms with Crippen molar-refractivity contribution in [1.29, 1.82) is 0 Å². The highest BCUT2D eigenvalue weighted by atomic mass is 79.9. The van der Waals surface area contributed by atoms with Crippen molar-refractivity contribution in [2.45, 2.75) is 20.3 Å². The highest BCUT2D eigenvalue weighted by Gasteiger charge is 2.23. The van der Waals surface area contributed by atoms with E-state index in [1.165, 1.54) is 154 Å². The molecular weight excluding hydrogens is 1520 g/mol. The second kappa shape index (κ2) is 39.1. The van der Waals surface area contributed by atoms with Gasteiger partial charge in [0.15, 0.2) is 34.2 Å². The first-order valence-electron chi connectivity index (χ1n) is 28.1. The van der Waals surface area contributed by atoms with Crippen molar-refractivity contribution < 1.29 is 111 Å². The summed E-state index contributed by atoms with van der Waals surface area (Å²) in [6.45, 7) is 8.70. The number of fused-ring (bicyclic) bond motifs is 1. The van der Waals surface area contributed by atoms with Crippen LogP contribution in [0.5, 0.6) is 28.7 Å². The van der Waals surface area contributed by atoms with Gasteiger partial charge in [0, 0.05) is 45.2 Å². The number of ketones is 3. The van der Waals surface area contributed by atoms with E-state index in [4.69, 9.17) is 24.1 Å². The third kappa shape index (κ3) is 23.4. The maximum Gasteiger partial charge on any atom is 0.337 e. The maximum absolute atomic E-state index is 12.4. The molecule has 9 rings (SSSR count). The summed E-state index contributed by atoms with van der Waals surface area (Å²) in [7, 11) is 7.69. The summed E-state index contributed by atoms with van der Waals surface area (Å²) in [5, 5.41) is 47.1. The molecule has 0 bridgehead atoms. The summed E-state index contributed by atoms with van der Waals surface area (Å²) < 4.78 is 45.3. The molecule has 0 spiro atoms. The van der Waals surface area contributed by atoms with Crippen LogP contribution in [0.1, 0.15) is 113 Å². The SMILES string of the molecule is COC(=O)c1cc(Br)c(O)c(C(=O)CCN2CCOCC2)c1.COC(=O)c1cc(Br)c(O)c(C(C)=O)c1.COC(=O)c1cc(Br)c2oc(N3CCOCC3)cc(=O)c2c1.COC(=O)c1ccc(O)c(Br)c1.COC(=O)c1ccc(O)c(C(C)=O)c1.COC(=O)c1ccc(O)cc1. The highest BCUT2D eigenvalue weighted by molar-refractivity contribution is 9.11. The molecule has 5 N–H and O–H groups in total. The minimum Gasteiger partial charge on any atom is -0.508 e. The molecular formula is C66H66Br4N2O24. The van der Waals surface area contributed by atoms with Gasteiger partial charge in [-0.05, 0) is 175 Å². The van der Waals surface area contributed by atoms with E-state index in [1.54, 1.807) is 6.07 Å². The predicted molar refractivity (Wildman–Crippen MR) is 361 cm³/mol. The van der Waals surface area contributed by atoms with E-state index < -0.39 is 35.8 Å². The standard InChI is InChI=1S/C15H14BrNO5.C15H18BrNO5.C10H9BrO4.C10H10O4.C8H7BrO3.C8H8O3/c1-20-15(19)9-6-10-12(18)8-13(17-2-4-21-5-3-17)22-14(10)11(16)7-9;1-21-15(20)10-8-11(14(19)12(16)9-10)13(18)2-3-17-4-6-22-7-5-17;1-5(12)7-3-6(10(14)15-2)4-8(11)9(7)13;1-6(11)8-5-7(10(13)14-2)3-4-9(8)12;1-12-8(11)5-2-3-7(10)6(9)4-5;1-11-8(10)6-2-4-7(9)5-3-6/h6-8H,2-5H2,1H3;8-9,19H,2-7H2,1H3;3-4,13H,1-2H3;3-5,12H,1-2H3;2-4,10H,1H3;2-5,9H,1H3. The molecule has 30 heteroatoms. The Kier molecular flexibility index (Phi) is 32.3. The molecule has 2 saturated heterocycles. The van der Waals surface area contributed by atoms with Crippen LogP contribution < -0.4 is 10.3 Å². The van der Waals surface area contributed by atoms with Crippen LogP contribution in [0, 0.1) is 0 Å². The van der Waals surface area contributed by atoms with Gasteiger partial charge in [0.05, 0.1) is 142 Å². The first-order valence-corrected chi connectivity index (χ1v) is 31.3. The van der Waals surface area contributed by atoms with Crippen LogP contribution in [0.15, 0.2) is 130 Å². The molecule has 96 heavy (non-hydrogen) atoms. The molecule has 2 fully saturated rings. The van der Waals surface area contributed by atoms with Gasteiger partial charge in [-0.3, -0.25) is 24.1 Å². The Morgan fingerprint density at radius 2 is 0.823 bits per heavy atom. The van der Waals surface area contributed by atoms with E-state index in [9.17, 15) is 63.3 Å². The summed E-state index contributed by atoms with van der Waals surface area (Å²) in [6, 6.07) is 24.3. The number of rotatable bonds is 13. The number of halogens is 4. The van der Waals surface area contributed by atoms with Gasteiger partial charge in [-0.2, -0.15) is 0 Å². The van der Waals surface area contributed by atoms with Crippen LogP contribution in [0.25, 0.3) is 11.0 Å². The Labute approximate surface area is 583 Å². The number of benzene rings is 6. The summed E-state index contributed by atoms with van der Waals surface area (Å²) in [4.78, 5) is 118. The Bertz CT molecular complexity index is 4010. The number of morpholine rings is 2. The molecule has 2 aliphatic heterocycles. The van der Waals surface area contributed by atoms with Crippen LogP contribution in [0.3, 0.4) is 0 Å². The van der Waals surface area contributed by atoms with Crippen molar-refractivity contribution in [3.8, 4) is 28.7 Å². The van der Waals surface area contributed by atoms with E-state index in [0.717, 1.165) is 13.1 Å². The Morgan fingerprint density at radius 3 is 1.30 bits per heavy atom. The zero-order chi connectivity index (χ0) is 71.5. The minimum atomic E-state index is -0.557. The van der Waals surface area contributed by atoms with Gasteiger partial charge in [-0.15, -0.1) is 0 Å². The van der Waals surface area contributed by atoms with Gasteiger partial charge in [-0.25, -0.2) is 28.8 Å². The summed E-state index contributed by atoms with van der Waals surface area (Å²) in [5.41, 5.74) is 2.38. The molecule has 26 nitrogen and oxygen atoms in total. The largest absolute Gasteiger partial charge is 0.508 e. The Morgan fingerprint density at radius 1 is 0.438 bits per heavy atom. The van der Waals surface area contributed by atoms with E-state index in [0.29, 0.717) is 93.0 Å². The second-order valence-corrected chi connectivity index (χ2v) is 23.1. The van der Waals surface area contributed by atoms with Gasteiger partial charge in [0.25, 0.3) is 0 Å². The molecule has 0 atom stereocenters. The zero-order valence-electron chi connectivity index (χ0n) is 52.8. The molecule has 0 unspecified atom stereocenters. The van der Waals surface area contributed by atoms with Crippen molar-refractivity contribution >= 4 is 134 Å². The molecule has 512 valence electrons. The minimum absolute atomic E-state index is 0.0878. The molecule has 6 aromatic carbocycles. The van der Waals surface area contributed by atoms with E-state index in [-0.39, 0.29) is 95.8 Å². The first-order chi connectivity index (χ1) is 45.5. The molecule has 0 saturated carbocycles. The van der Waals surface area contributed by atoms with Crippen molar-refractivity contribution in [2.75, 3.05) is 107 Å². The fourth-order valence-electron chi connectivity index (χ4n) is 8.28. The fraction of sp³-hybridized carbons (Fsp3) is 0.273. The lowest BCUT2D eigenvalue weighted by molar-refractivity contribution is 0.0370. The van der Waals surface area contributed by atoms with Crippen LogP contribution in [0.2, 0.25) is 0 Å². The van der Waals surface area contributed by atoms with Crippen molar-refractivity contribution in [3.63, 3.8) is 0 Å². The number of carbonyl (C=O) groups is 9. The highest BCUT2D eigenvalue weighted by Crippen LogP contribution is 2.33. The number of methoxy groups -OCH3 is 6. The number of phenols is 5. The van der Waals surface area contributed by atoms with Crippen LogP contribution in [-0.4, -0.2) is 185 Å². The monoisotopic (exact) mass is 1590 g/mol. The molecule has 0 aliphatic carbocycles. The van der Waals surface area contributed by atoms with Gasteiger partial charge in [0.1, 0.15) is 28.7 Å². The summed E-state index contributed by atoms with van der Waals surface area (Å²) >= 11 is 12.6. The van der Waals surface area contributed by atoms with Gasteiger partial charge in [0.2, 0.25) is 0 Å². The predicted octanol–water partition coefficient (Wildman–Crippen LogP) is 10.7. The number of hydrogen-bond acceptors (Lipinski definition) is 26. The Balaban J connectivity index is 0.000000250. The molecule has 2 aliphatic rings. The number of anilines is 1. The number of phenolic OH excluding ortho intramolecular Hbond substituents is 5. The molecule has 3 heterocycles. The second-order valence-electron chi connectivity index (χ2n) is 19.7. The normalized spacial score (nSPS) is 12.2. The molecule has 7 aromatic rings. The number of nitrogens with zero attached hydrogens (tertiary/aromatic N) is 2. The van der Waals surface area contributed by atoms with E-state index in [2.05, 4.69) is 97.0 Å². The van der Waals surface area contributed by atoms with Crippen LogP contribution in [0.4, 0.5) is 5.88 Å². The zero-order valence-corrected chi connectivity index (χ0v) is 59.1. The first kappa shape index (κ1) is 79.4.